The van der Waals surface area contributed by atoms with Gasteiger partial charge in [0.05, 0.1) is 5.69 Å². The Morgan fingerprint density at radius 3 is 2.48 bits per heavy atom. The standard InChI is InChI=1S/C15H17BrN2O2S/c1-11(12-6-5-7-13(16)10-12)18-14-8-3-4-9-15(14)21(19,20)17-2/h3-11,17-18H,1-2H3. The van der Waals surface area contributed by atoms with Crippen LogP contribution in [0.2, 0.25) is 0 Å². The van der Waals surface area contributed by atoms with Crippen molar-refractivity contribution in [1.29, 1.82) is 0 Å². The fourth-order valence-electron chi connectivity index (χ4n) is 2.02. The van der Waals surface area contributed by atoms with Crippen molar-refractivity contribution in [2.24, 2.45) is 0 Å². The van der Waals surface area contributed by atoms with Gasteiger partial charge in [-0.3, -0.25) is 0 Å². The number of halogens is 1. The van der Waals surface area contributed by atoms with Crippen molar-refractivity contribution in [3.05, 3.63) is 58.6 Å². The zero-order valence-corrected chi connectivity index (χ0v) is 14.2. The first-order valence-corrected chi connectivity index (χ1v) is 8.76. The Kier molecular flexibility index (Phi) is 5.03. The molecule has 0 bridgehead atoms. The van der Waals surface area contributed by atoms with Crippen LogP contribution in [0.25, 0.3) is 0 Å². The second kappa shape index (κ2) is 6.60. The Balaban J connectivity index is 2.32. The van der Waals surface area contributed by atoms with Gasteiger partial charge in [-0.25, -0.2) is 13.1 Å². The van der Waals surface area contributed by atoms with Crippen molar-refractivity contribution in [2.75, 3.05) is 12.4 Å². The van der Waals surface area contributed by atoms with Gasteiger partial charge in [-0.05, 0) is 43.8 Å². The molecule has 0 aromatic heterocycles. The Bertz CT molecular complexity index is 732. The van der Waals surface area contributed by atoms with Gasteiger partial charge < -0.3 is 5.32 Å². The van der Waals surface area contributed by atoms with E-state index in [4.69, 9.17) is 0 Å². The Morgan fingerprint density at radius 1 is 1.10 bits per heavy atom. The summed E-state index contributed by atoms with van der Waals surface area (Å²) in [6.45, 7) is 1.99. The second-order valence-corrected chi connectivity index (χ2v) is 7.40. The summed E-state index contributed by atoms with van der Waals surface area (Å²) >= 11 is 3.44. The van der Waals surface area contributed by atoms with Crippen LogP contribution in [0.4, 0.5) is 5.69 Å². The smallest absolute Gasteiger partial charge is 0.242 e. The summed E-state index contributed by atoms with van der Waals surface area (Å²) in [5.74, 6) is 0. The lowest BCUT2D eigenvalue weighted by Crippen LogP contribution is -2.20. The van der Waals surface area contributed by atoms with Crippen LogP contribution >= 0.6 is 15.9 Å². The third-order valence-electron chi connectivity index (χ3n) is 3.17. The topological polar surface area (TPSA) is 58.2 Å². The molecule has 0 spiro atoms. The average Bonchev–Trinajstić information content (AvgIpc) is 2.47. The molecule has 4 nitrogen and oxygen atoms in total. The van der Waals surface area contributed by atoms with Crippen LogP contribution in [-0.2, 0) is 10.0 Å². The van der Waals surface area contributed by atoms with Crippen molar-refractivity contribution in [1.82, 2.24) is 4.72 Å². The van der Waals surface area contributed by atoms with Crippen LogP contribution in [0.15, 0.2) is 57.9 Å². The minimum absolute atomic E-state index is 0.0179. The van der Waals surface area contributed by atoms with E-state index < -0.39 is 10.0 Å². The molecule has 0 amide bonds. The molecule has 0 aliphatic rings. The summed E-state index contributed by atoms with van der Waals surface area (Å²) in [5, 5.41) is 3.25. The maximum absolute atomic E-state index is 12.0. The number of anilines is 1. The monoisotopic (exact) mass is 368 g/mol. The number of sulfonamides is 1. The lowest BCUT2D eigenvalue weighted by molar-refractivity contribution is 0.588. The molecule has 2 aromatic carbocycles. The summed E-state index contributed by atoms with van der Waals surface area (Å²) < 4.78 is 27.4. The van der Waals surface area contributed by atoms with Crippen LogP contribution < -0.4 is 10.0 Å². The van der Waals surface area contributed by atoms with E-state index in [-0.39, 0.29) is 10.9 Å². The highest BCUT2D eigenvalue weighted by atomic mass is 79.9. The fraction of sp³-hybridized carbons (Fsp3) is 0.200. The third-order valence-corrected chi connectivity index (χ3v) is 5.13. The van der Waals surface area contributed by atoms with E-state index in [2.05, 4.69) is 26.0 Å². The molecule has 0 aliphatic carbocycles. The zero-order valence-electron chi connectivity index (χ0n) is 11.8. The summed E-state index contributed by atoms with van der Waals surface area (Å²) in [6.07, 6.45) is 0. The quantitative estimate of drug-likeness (QED) is 0.848. The van der Waals surface area contributed by atoms with Crippen LogP contribution in [0.1, 0.15) is 18.5 Å². The normalized spacial score (nSPS) is 12.9. The number of benzene rings is 2. The predicted octanol–water partition coefficient (Wildman–Crippen LogP) is 3.53. The average molecular weight is 369 g/mol. The van der Waals surface area contributed by atoms with Crippen molar-refractivity contribution in [3.8, 4) is 0 Å². The molecule has 0 aliphatic heterocycles. The van der Waals surface area contributed by atoms with Crippen LogP contribution in [0.3, 0.4) is 0 Å². The number of rotatable bonds is 5. The summed E-state index contributed by atoms with van der Waals surface area (Å²) in [7, 11) is -2.08. The maximum Gasteiger partial charge on any atom is 0.242 e. The van der Waals surface area contributed by atoms with E-state index in [1.165, 1.54) is 7.05 Å². The number of para-hydroxylation sites is 1. The lowest BCUT2D eigenvalue weighted by atomic mass is 10.1. The molecule has 2 N–H and O–H groups in total. The van der Waals surface area contributed by atoms with Crippen LogP contribution in [-0.4, -0.2) is 15.5 Å². The number of hydrogen-bond acceptors (Lipinski definition) is 3. The molecule has 1 atom stereocenters. The summed E-state index contributed by atoms with van der Waals surface area (Å²) in [6, 6.07) is 14.8. The van der Waals surface area contributed by atoms with Crippen molar-refractivity contribution in [2.45, 2.75) is 17.9 Å². The minimum Gasteiger partial charge on any atom is -0.377 e. The molecule has 1 unspecified atom stereocenters. The van der Waals surface area contributed by atoms with Crippen molar-refractivity contribution in [3.63, 3.8) is 0 Å². The van der Waals surface area contributed by atoms with Gasteiger partial charge >= 0.3 is 0 Å². The first-order valence-electron chi connectivity index (χ1n) is 6.48. The third kappa shape index (κ3) is 3.84. The highest BCUT2D eigenvalue weighted by Crippen LogP contribution is 2.26. The van der Waals surface area contributed by atoms with Crippen LogP contribution in [0.5, 0.6) is 0 Å². The van der Waals surface area contributed by atoms with Gasteiger partial charge in [0.2, 0.25) is 10.0 Å². The van der Waals surface area contributed by atoms with Gasteiger partial charge in [0, 0.05) is 10.5 Å². The molecule has 0 fully saturated rings. The second-order valence-electron chi connectivity index (χ2n) is 4.62. The molecule has 0 radical (unpaired) electrons. The first-order chi connectivity index (χ1) is 9.94. The molecule has 6 heteroatoms. The molecule has 0 saturated heterocycles. The molecule has 2 rings (SSSR count). The van der Waals surface area contributed by atoms with E-state index in [1.807, 2.05) is 37.3 Å². The van der Waals surface area contributed by atoms with Gasteiger partial charge in [-0.1, -0.05) is 40.2 Å². The molecule has 21 heavy (non-hydrogen) atoms. The molecule has 2 aromatic rings. The van der Waals surface area contributed by atoms with Crippen molar-refractivity contribution >= 4 is 31.6 Å². The summed E-state index contributed by atoms with van der Waals surface area (Å²) in [4.78, 5) is 0.245. The predicted molar refractivity (Wildman–Crippen MR) is 88.9 cm³/mol. The highest BCUT2D eigenvalue weighted by Gasteiger charge is 2.17. The first kappa shape index (κ1) is 16.0. The zero-order chi connectivity index (χ0) is 15.5. The van der Waals surface area contributed by atoms with Gasteiger partial charge in [-0.2, -0.15) is 0 Å². The van der Waals surface area contributed by atoms with E-state index in [1.54, 1.807) is 18.2 Å². The van der Waals surface area contributed by atoms with E-state index in [0.29, 0.717) is 5.69 Å². The van der Waals surface area contributed by atoms with Gasteiger partial charge in [0.25, 0.3) is 0 Å². The Labute approximate surface area is 133 Å². The Hall–Kier alpha value is -1.37. The number of hydrogen-bond donors (Lipinski definition) is 2. The fourth-order valence-corrected chi connectivity index (χ4v) is 3.33. The largest absolute Gasteiger partial charge is 0.377 e. The highest BCUT2D eigenvalue weighted by molar-refractivity contribution is 9.10. The van der Waals surface area contributed by atoms with Gasteiger partial charge in [-0.15, -0.1) is 0 Å². The maximum atomic E-state index is 12.0. The van der Waals surface area contributed by atoms with Gasteiger partial charge in [0.1, 0.15) is 4.90 Å². The van der Waals surface area contributed by atoms with E-state index >= 15 is 0 Å². The lowest BCUT2D eigenvalue weighted by Gasteiger charge is -2.18. The molecular weight excluding hydrogens is 352 g/mol. The molecule has 0 saturated carbocycles. The Morgan fingerprint density at radius 2 is 1.81 bits per heavy atom. The van der Waals surface area contributed by atoms with Crippen LogP contribution in [0, 0.1) is 0 Å². The van der Waals surface area contributed by atoms with E-state index in [0.717, 1.165) is 10.0 Å². The van der Waals surface area contributed by atoms with E-state index in [9.17, 15) is 8.42 Å². The minimum atomic E-state index is -3.49. The molecule has 0 heterocycles. The SMILES string of the molecule is CNS(=O)(=O)c1ccccc1NC(C)c1cccc(Br)c1. The van der Waals surface area contributed by atoms with Gasteiger partial charge in [0.15, 0.2) is 0 Å². The van der Waals surface area contributed by atoms with Crippen molar-refractivity contribution < 1.29 is 8.42 Å². The summed E-state index contributed by atoms with van der Waals surface area (Å²) in [5.41, 5.74) is 1.65. The molecular formula is C15H17BrN2O2S. The number of nitrogens with one attached hydrogen (secondary N) is 2. The molecule has 112 valence electrons.